The maximum Gasteiger partial charge on any atom is 0.221 e. The topological polar surface area (TPSA) is 41.1 Å². The van der Waals surface area contributed by atoms with E-state index in [-0.39, 0.29) is 11.9 Å². The highest BCUT2D eigenvalue weighted by Crippen LogP contribution is 2.35. The molecule has 0 heterocycles. The number of hydrogen-bond acceptors (Lipinski definition) is 2. The number of carbonyl (C=O) groups is 1. The van der Waals surface area contributed by atoms with Crippen LogP contribution in [-0.2, 0) is 4.79 Å². The van der Waals surface area contributed by atoms with Gasteiger partial charge in [0.1, 0.15) is 0 Å². The third-order valence-corrected chi connectivity index (χ3v) is 4.02. The number of nitrogens with one attached hydrogen (secondary N) is 2. The summed E-state index contributed by atoms with van der Waals surface area (Å²) in [4.78, 5) is 11.3. The number of rotatable bonds is 6. The molecule has 1 atom stereocenters. The van der Waals surface area contributed by atoms with Gasteiger partial charge in [0.2, 0.25) is 5.91 Å². The van der Waals surface area contributed by atoms with Crippen molar-refractivity contribution >= 4 is 40.7 Å². The zero-order chi connectivity index (χ0) is 14.4. The predicted molar refractivity (Wildman–Crippen MR) is 81.2 cm³/mol. The first-order valence-corrected chi connectivity index (χ1v) is 7.24. The van der Waals surface area contributed by atoms with Crippen LogP contribution >= 0.6 is 34.8 Å². The second-order valence-electron chi connectivity index (χ2n) is 4.14. The van der Waals surface area contributed by atoms with Crippen LogP contribution in [0, 0.1) is 0 Å². The van der Waals surface area contributed by atoms with E-state index in [0.717, 1.165) is 5.56 Å². The van der Waals surface area contributed by atoms with Crippen LogP contribution in [0.2, 0.25) is 15.1 Å². The Morgan fingerprint density at radius 3 is 2.58 bits per heavy atom. The first-order valence-electron chi connectivity index (χ1n) is 6.10. The normalized spacial score (nSPS) is 12.3. The molecule has 0 radical (unpaired) electrons. The molecule has 0 aliphatic carbocycles. The van der Waals surface area contributed by atoms with Gasteiger partial charge in [-0.15, -0.1) is 0 Å². The molecule has 1 aromatic carbocycles. The molecule has 1 amide bonds. The molecule has 0 fully saturated rings. The van der Waals surface area contributed by atoms with Crippen molar-refractivity contribution in [2.24, 2.45) is 0 Å². The lowest BCUT2D eigenvalue weighted by atomic mass is 10.1. The zero-order valence-corrected chi connectivity index (χ0v) is 13.2. The molecule has 0 aliphatic rings. The van der Waals surface area contributed by atoms with Crippen molar-refractivity contribution in [2.45, 2.75) is 26.3 Å². The number of halogens is 3. The standard InChI is InChI=1S/C13H17Cl3N2O/c1-3-17-11(19)6-7-18-8(2)9-4-5-10(14)13(16)12(9)15/h4-5,8,18H,3,6-7H2,1-2H3,(H,17,19). The smallest absolute Gasteiger partial charge is 0.221 e. The summed E-state index contributed by atoms with van der Waals surface area (Å²) in [7, 11) is 0. The SMILES string of the molecule is CCNC(=O)CCNC(C)c1ccc(Cl)c(Cl)c1Cl. The average molecular weight is 324 g/mol. The molecule has 0 aliphatic heterocycles. The van der Waals surface area contributed by atoms with E-state index in [0.29, 0.717) is 34.6 Å². The van der Waals surface area contributed by atoms with Crippen LogP contribution in [0.3, 0.4) is 0 Å². The van der Waals surface area contributed by atoms with Gasteiger partial charge in [0.05, 0.1) is 15.1 Å². The molecule has 106 valence electrons. The molecule has 0 saturated carbocycles. The molecule has 0 aromatic heterocycles. The maximum atomic E-state index is 11.3. The Morgan fingerprint density at radius 1 is 1.26 bits per heavy atom. The van der Waals surface area contributed by atoms with Crippen LogP contribution < -0.4 is 10.6 Å². The number of carbonyl (C=O) groups excluding carboxylic acids is 1. The summed E-state index contributed by atoms with van der Waals surface area (Å²) in [6, 6.07) is 3.55. The van der Waals surface area contributed by atoms with Crippen LogP contribution in [0.25, 0.3) is 0 Å². The van der Waals surface area contributed by atoms with Crippen molar-refractivity contribution in [1.82, 2.24) is 10.6 Å². The lowest BCUT2D eigenvalue weighted by Gasteiger charge is -2.16. The Balaban J connectivity index is 2.57. The molecule has 1 aromatic rings. The van der Waals surface area contributed by atoms with Crippen molar-refractivity contribution < 1.29 is 4.79 Å². The first kappa shape index (κ1) is 16.6. The summed E-state index contributed by atoms with van der Waals surface area (Å²) in [6.45, 7) is 5.07. The molecule has 0 saturated heterocycles. The van der Waals surface area contributed by atoms with Gasteiger partial charge in [-0.3, -0.25) is 4.79 Å². The lowest BCUT2D eigenvalue weighted by molar-refractivity contribution is -0.120. The van der Waals surface area contributed by atoms with Crippen LogP contribution in [0.5, 0.6) is 0 Å². The van der Waals surface area contributed by atoms with Crippen molar-refractivity contribution in [2.75, 3.05) is 13.1 Å². The summed E-state index contributed by atoms with van der Waals surface area (Å²) in [5.74, 6) is 0.0300. The van der Waals surface area contributed by atoms with Crippen LogP contribution in [-0.4, -0.2) is 19.0 Å². The Hall–Kier alpha value is -0.480. The fraction of sp³-hybridized carbons (Fsp3) is 0.462. The zero-order valence-electron chi connectivity index (χ0n) is 10.9. The lowest BCUT2D eigenvalue weighted by Crippen LogP contribution is -2.28. The van der Waals surface area contributed by atoms with Gasteiger partial charge in [-0.05, 0) is 25.5 Å². The Bertz CT molecular complexity index is 452. The van der Waals surface area contributed by atoms with Gasteiger partial charge in [-0.1, -0.05) is 40.9 Å². The number of benzene rings is 1. The number of amides is 1. The summed E-state index contributed by atoms with van der Waals surface area (Å²) in [6.07, 6.45) is 0.428. The van der Waals surface area contributed by atoms with E-state index < -0.39 is 0 Å². The van der Waals surface area contributed by atoms with E-state index in [9.17, 15) is 4.79 Å². The van der Waals surface area contributed by atoms with Crippen molar-refractivity contribution in [3.63, 3.8) is 0 Å². The summed E-state index contributed by atoms with van der Waals surface area (Å²) >= 11 is 18.0. The maximum absolute atomic E-state index is 11.3. The molecule has 19 heavy (non-hydrogen) atoms. The highest BCUT2D eigenvalue weighted by Gasteiger charge is 2.14. The summed E-state index contributed by atoms with van der Waals surface area (Å²) in [5, 5.41) is 7.22. The van der Waals surface area contributed by atoms with Crippen molar-refractivity contribution in [3.05, 3.63) is 32.8 Å². The Morgan fingerprint density at radius 2 is 1.95 bits per heavy atom. The second kappa shape index (κ2) is 7.95. The van der Waals surface area contributed by atoms with Gasteiger partial charge in [0.15, 0.2) is 0 Å². The van der Waals surface area contributed by atoms with E-state index in [1.807, 2.05) is 19.9 Å². The molecule has 0 spiro atoms. The van der Waals surface area contributed by atoms with Crippen LogP contribution in [0.4, 0.5) is 0 Å². The highest BCUT2D eigenvalue weighted by molar-refractivity contribution is 6.48. The Kier molecular flexibility index (Phi) is 6.94. The van der Waals surface area contributed by atoms with E-state index in [4.69, 9.17) is 34.8 Å². The summed E-state index contributed by atoms with van der Waals surface area (Å²) < 4.78 is 0. The molecule has 3 nitrogen and oxygen atoms in total. The van der Waals surface area contributed by atoms with Crippen LogP contribution in [0.1, 0.15) is 31.9 Å². The third-order valence-electron chi connectivity index (χ3n) is 2.71. The Labute approximate surface area is 128 Å². The van der Waals surface area contributed by atoms with Gasteiger partial charge >= 0.3 is 0 Å². The fourth-order valence-electron chi connectivity index (χ4n) is 1.67. The third kappa shape index (κ3) is 4.84. The monoisotopic (exact) mass is 322 g/mol. The van der Waals surface area contributed by atoms with E-state index in [2.05, 4.69) is 10.6 Å². The van der Waals surface area contributed by atoms with Gasteiger partial charge in [0, 0.05) is 25.6 Å². The first-order chi connectivity index (χ1) is 8.97. The average Bonchev–Trinajstić information content (AvgIpc) is 2.36. The molecule has 6 heteroatoms. The van der Waals surface area contributed by atoms with Crippen molar-refractivity contribution in [1.29, 1.82) is 0 Å². The van der Waals surface area contributed by atoms with E-state index in [1.54, 1.807) is 6.07 Å². The second-order valence-corrected chi connectivity index (χ2v) is 5.31. The summed E-state index contributed by atoms with van der Waals surface area (Å²) in [5.41, 5.74) is 0.868. The number of hydrogen-bond donors (Lipinski definition) is 2. The van der Waals surface area contributed by atoms with Crippen molar-refractivity contribution in [3.8, 4) is 0 Å². The highest BCUT2D eigenvalue weighted by atomic mass is 35.5. The minimum absolute atomic E-state index is 0.00306. The van der Waals surface area contributed by atoms with E-state index in [1.165, 1.54) is 0 Å². The molecule has 2 N–H and O–H groups in total. The van der Waals surface area contributed by atoms with E-state index >= 15 is 0 Å². The molecule has 1 unspecified atom stereocenters. The van der Waals surface area contributed by atoms with Crippen LogP contribution in [0.15, 0.2) is 12.1 Å². The fourth-order valence-corrected chi connectivity index (χ4v) is 2.38. The minimum atomic E-state index is -0.00306. The molecule has 1 rings (SSSR count). The molecular formula is C13H17Cl3N2O. The predicted octanol–water partition coefficient (Wildman–Crippen LogP) is 3.82. The van der Waals surface area contributed by atoms with Gasteiger partial charge < -0.3 is 10.6 Å². The molecule has 0 bridgehead atoms. The van der Waals surface area contributed by atoms with Gasteiger partial charge in [0.25, 0.3) is 0 Å². The minimum Gasteiger partial charge on any atom is -0.356 e. The van der Waals surface area contributed by atoms with Gasteiger partial charge in [-0.2, -0.15) is 0 Å². The molecular weight excluding hydrogens is 307 g/mol. The van der Waals surface area contributed by atoms with Gasteiger partial charge in [-0.25, -0.2) is 0 Å². The largest absolute Gasteiger partial charge is 0.356 e. The quantitative estimate of drug-likeness (QED) is 0.781.